The van der Waals surface area contributed by atoms with Crippen molar-refractivity contribution in [1.29, 1.82) is 0 Å². The number of benzene rings is 1. The number of hydrogen-bond acceptors (Lipinski definition) is 4. The van der Waals surface area contributed by atoms with Gasteiger partial charge in [-0.15, -0.1) is 0 Å². The van der Waals surface area contributed by atoms with Crippen LogP contribution in [0.5, 0.6) is 0 Å². The number of sulfone groups is 1. The average Bonchev–Trinajstić information content (AvgIpc) is 2.38. The van der Waals surface area contributed by atoms with Crippen LogP contribution in [0.3, 0.4) is 0 Å². The molecule has 6 heteroatoms. The molecule has 1 aliphatic heterocycles. The third-order valence-electron chi connectivity index (χ3n) is 3.41. The lowest BCUT2D eigenvalue weighted by Crippen LogP contribution is -2.60. The highest BCUT2D eigenvalue weighted by Gasteiger charge is 2.51. The number of carbonyl (C=O) groups excluding carboxylic acids is 1. The van der Waals surface area contributed by atoms with E-state index in [4.69, 9.17) is 4.74 Å². The van der Waals surface area contributed by atoms with Gasteiger partial charge in [-0.1, -0.05) is 30.3 Å². The molecule has 0 aromatic heterocycles. The van der Waals surface area contributed by atoms with Crippen LogP contribution in [0.4, 0.5) is 0 Å². The summed E-state index contributed by atoms with van der Waals surface area (Å²) in [6, 6.07) is 8.75. The summed E-state index contributed by atoms with van der Waals surface area (Å²) in [6.45, 7) is 1.98. The summed E-state index contributed by atoms with van der Waals surface area (Å²) in [5, 5.41) is 0. The maximum atomic E-state index is 12.3. The molecule has 5 nitrogen and oxygen atoms in total. The van der Waals surface area contributed by atoms with E-state index in [2.05, 4.69) is 0 Å². The molecular formula is C13H17NO4S. The third kappa shape index (κ3) is 2.26. The quantitative estimate of drug-likeness (QED) is 0.804. The van der Waals surface area contributed by atoms with Crippen molar-refractivity contribution in [1.82, 2.24) is 4.90 Å². The molecule has 0 spiro atoms. The Balaban J connectivity index is 2.67. The van der Waals surface area contributed by atoms with E-state index in [1.165, 1.54) is 11.8 Å². The lowest BCUT2D eigenvalue weighted by molar-refractivity contribution is -0.140. The molecule has 0 saturated carbocycles. The van der Waals surface area contributed by atoms with E-state index in [1.807, 2.05) is 0 Å². The van der Waals surface area contributed by atoms with Gasteiger partial charge in [0.05, 0.1) is 13.2 Å². The van der Waals surface area contributed by atoms with E-state index in [-0.39, 0.29) is 19.1 Å². The van der Waals surface area contributed by atoms with Gasteiger partial charge in [-0.3, -0.25) is 4.79 Å². The molecule has 1 unspecified atom stereocenters. The zero-order chi connectivity index (χ0) is 14.1. The molecule has 0 radical (unpaired) electrons. The van der Waals surface area contributed by atoms with Crippen LogP contribution in [0.15, 0.2) is 30.3 Å². The summed E-state index contributed by atoms with van der Waals surface area (Å²) < 4.78 is 30.1. The van der Waals surface area contributed by atoms with Crippen molar-refractivity contribution in [2.24, 2.45) is 0 Å². The lowest BCUT2D eigenvalue weighted by atomic mass is 10.0. The van der Waals surface area contributed by atoms with Crippen molar-refractivity contribution in [2.45, 2.75) is 11.8 Å². The third-order valence-corrected chi connectivity index (χ3v) is 5.21. The Morgan fingerprint density at radius 3 is 2.47 bits per heavy atom. The lowest BCUT2D eigenvalue weighted by Gasteiger charge is -2.45. The van der Waals surface area contributed by atoms with Crippen LogP contribution in [0.2, 0.25) is 0 Å². The van der Waals surface area contributed by atoms with E-state index in [0.717, 1.165) is 6.26 Å². The topological polar surface area (TPSA) is 63.7 Å². The fraction of sp³-hybridized carbons (Fsp3) is 0.462. The molecule has 2 rings (SSSR count). The fourth-order valence-electron chi connectivity index (χ4n) is 2.50. The summed E-state index contributed by atoms with van der Waals surface area (Å²) >= 11 is 0. The molecule has 1 aliphatic rings. The summed E-state index contributed by atoms with van der Waals surface area (Å²) in [5.41, 5.74) is 0.562. The first-order valence-corrected chi connectivity index (χ1v) is 7.90. The number of carbonyl (C=O) groups is 1. The molecule has 1 saturated heterocycles. The highest BCUT2D eigenvalue weighted by atomic mass is 32.2. The van der Waals surface area contributed by atoms with Crippen LogP contribution in [-0.2, 0) is 24.2 Å². The minimum Gasteiger partial charge on any atom is -0.376 e. The molecule has 1 fully saturated rings. The van der Waals surface area contributed by atoms with Crippen molar-refractivity contribution < 1.29 is 17.9 Å². The Labute approximate surface area is 113 Å². The predicted octanol–water partition coefficient (Wildman–Crippen LogP) is 0.763. The summed E-state index contributed by atoms with van der Waals surface area (Å²) in [5.74, 6) is -0.266. The van der Waals surface area contributed by atoms with Gasteiger partial charge in [0.25, 0.3) is 0 Å². The Morgan fingerprint density at radius 1 is 1.32 bits per heavy atom. The molecule has 0 aliphatic carbocycles. The SMILES string of the molecule is CC(=O)N1CCOCC1(c1ccccc1)S(C)(=O)=O. The molecular weight excluding hydrogens is 266 g/mol. The second kappa shape index (κ2) is 4.94. The van der Waals surface area contributed by atoms with E-state index >= 15 is 0 Å². The molecule has 1 aromatic carbocycles. The van der Waals surface area contributed by atoms with Crippen molar-refractivity contribution >= 4 is 15.7 Å². The number of hydrogen-bond donors (Lipinski definition) is 0. The van der Waals surface area contributed by atoms with Crippen LogP contribution in [0.1, 0.15) is 12.5 Å². The van der Waals surface area contributed by atoms with Gasteiger partial charge in [0, 0.05) is 19.7 Å². The van der Waals surface area contributed by atoms with Gasteiger partial charge in [-0.2, -0.15) is 0 Å². The largest absolute Gasteiger partial charge is 0.376 e. The van der Waals surface area contributed by atoms with Crippen molar-refractivity contribution in [3.8, 4) is 0 Å². The van der Waals surface area contributed by atoms with Gasteiger partial charge in [-0.05, 0) is 5.56 Å². The number of morpholine rings is 1. The normalized spacial score (nSPS) is 24.2. The van der Waals surface area contributed by atoms with Gasteiger partial charge < -0.3 is 9.64 Å². The van der Waals surface area contributed by atoms with Crippen LogP contribution in [-0.4, -0.2) is 45.2 Å². The first-order valence-electron chi connectivity index (χ1n) is 6.00. The summed E-state index contributed by atoms with van der Waals surface area (Å²) in [4.78, 5) is 11.8. The highest BCUT2D eigenvalue weighted by Crippen LogP contribution is 2.36. The first kappa shape index (κ1) is 14.0. The van der Waals surface area contributed by atoms with Crippen molar-refractivity contribution in [2.75, 3.05) is 26.0 Å². The van der Waals surface area contributed by atoms with E-state index in [1.54, 1.807) is 30.3 Å². The summed E-state index contributed by atoms with van der Waals surface area (Å²) in [6.07, 6.45) is 1.14. The van der Waals surface area contributed by atoms with Crippen molar-refractivity contribution in [3.63, 3.8) is 0 Å². The second-order valence-electron chi connectivity index (χ2n) is 4.65. The maximum absolute atomic E-state index is 12.3. The maximum Gasteiger partial charge on any atom is 0.221 e. The fourth-order valence-corrected chi connectivity index (χ4v) is 3.98. The first-order chi connectivity index (χ1) is 8.89. The van der Waals surface area contributed by atoms with Gasteiger partial charge in [0.15, 0.2) is 14.7 Å². The van der Waals surface area contributed by atoms with Crippen LogP contribution in [0, 0.1) is 0 Å². The van der Waals surface area contributed by atoms with Gasteiger partial charge in [-0.25, -0.2) is 8.42 Å². The average molecular weight is 283 g/mol. The predicted molar refractivity (Wildman–Crippen MR) is 71.2 cm³/mol. The summed E-state index contributed by atoms with van der Waals surface area (Å²) in [7, 11) is -3.55. The molecule has 104 valence electrons. The van der Waals surface area contributed by atoms with Crippen LogP contribution >= 0.6 is 0 Å². The zero-order valence-corrected chi connectivity index (χ0v) is 11.8. The molecule has 0 N–H and O–H groups in total. The Morgan fingerprint density at radius 2 is 1.95 bits per heavy atom. The Bertz CT molecular complexity index is 570. The molecule has 0 bridgehead atoms. The van der Waals surface area contributed by atoms with Crippen LogP contribution < -0.4 is 0 Å². The van der Waals surface area contributed by atoms with Gasteiger partial charge >= 0.3 is 0 Å². The van der Waals surface area contributed by atoms with Crippen molar-refractivity contribution in [3.05, 3.63) is 35.9 Å². The van der Waals surface area contributed by atoms with E-state index < -0.39 is 14.7 Å². The number of nitrogens with zero attached hydrogens (tertiary/aromatic N) is 1. The van der Waals surface area contributed by atoms with Gasteiger partial charge in [0.2, 0.25) is 5.91 Å². The zero-order valence-electron chi connectivity index (χ0n) is 11.0. The van der Waals surface area contributed by atoms with Crippen LogP contribution in [0.25, 0.3) is 0 Å². The Hall–Kier alpha value is -1.40. The van der Waals surface area contributed by atoms with E-state index in [0.29, 0.717) is 12.2 Å². The molecule has 1 heterocycles. The number of amides is 1. The smallest absolute Gasteiger partial charge is 0.221 e. The minimum absolute atomic E-state index is 0.0323. The highest BCUT2D eigenvalue weighted by molar-refractivity contribution is 7.91. The second-order valence-corrected chi connectivity index (χ2v) is 6.87. The molecule has 1 atom stereocenters. The number of rotatable bonds is 2. The van der Waals surface area contributed by atoms with Gasteiger partial charge in [0.1, 0.15) is 0 Å². The number of ether oxygens (including phenoxy) is 1. The Kier molecular flexibility index (Phi) is 3.64. The molecule has 1 amide bonds. The van der Waals surface area contributed by atoms with E-state index in [9.17, 15) is 13.2 Å². The molecule has 19 heavy (non-hydrogen) atoms. The molecule has 1 aromatic rings. The monoisotopic (exact) mass is 283 g/mol. The minimum atomic E-state index is -3.55. The standard InChI is InChI=1S/C13H17NO4S/c1-11(15)14-8-9-18-10-13(14,19(2,16)17)12-6-4-3-5-7-12/h3-7H,8-10H2,1-2H3.